The summed E-state index contributed by atoms with van der Waals surface area (Å²) < 4.78 is 15.5. The number of methoxy groups -OCH3 is 1. The summed E-state index contributed by atoms with van der Waals surface area (Å²) >= 11 is 0. The third-order valence-electron chi connectivity index (χ3n) is 1.30. The average molecular weight is 175 g/mol. The number of nitrogens with one attached hydrogen (secondary N) is 1. The molecule has 62 valence electrons. The normalized spacial score (nSPS) is 23.4. The smallest absolute Gasteiger partial charge is 0.348 e. The monoisotopic (exact) mass is 175 g/mol. The van der Waals surface area contributed by atoms with E-state index in [1.54, 1.807) is 0 Å². The van der Waals surface area contributed by atoms with Gasteiger partial charge in [-0.15, -0.1) is 0 Å². The van der Waals surface area contributed by atoms with Crippen LogP contribution in [0.1, 0.15) is 0 Å². The number of hydrogen-bond donors (Lipinski definition) is 1. The highest BCUT2D eigenvalue weighted by molar-refractivity contribution is 7.90. The van der Waals surface area contributed by atoms with Crippen LogP contribution in [0.5, 0.6) is 0 Å². The first-order valence-electron chi connectivity index (χ1n) is 3.16. The Balaban J connectivity index is 2.75. The van der Waals surface area contributed by atoms with Gasteiger partial charge in [0.15, 0.2) is 0 Å². The van der Waals surface area contributed by atoms with E-state index >= 15 is 0 Å². The first kappa shape index (κ1) is 8.26. The van der Waals surface area contributed by atoms with Crippen LogP contribution in [0, 0.1) is 0 Å². The summed E-state index contributed by atoms with van der Waals surface area (Å²) in [7, 11) is 0.0889. The quantitative estimate of drug-likeness (QED) is 0.538. The van der Waals surface area contributed by atoms with Crippen molar-refractivity contribution in [2.75, 3.05) is 19.4 Å². The zero-order chi connectivity index (χ0) is 8.27. The molecule has 1 atom stereocenters. The molecule has 1 rings (SSSR count). The molecule has 0 spiro atoms. The predicted molar refractivity (Wildman–Crippen MR) is 41.1 cm³/mol. The molecule has 1 aliphatic heterocycles. The van der Waals surface area contributed by atoms with Crippen molar-refractivity contribution in [3.63, 3.8) is 0 Å². The van der Waals surface area contributed by atoms with E-state index in [9.17, 15) is 9.00 Å². The molecule has 0 bridgehead atoms. The standard InChI is InChI=1S/C6H9NO3S/c1-10-6(8)5-4-7-2-3-11(5)9/h4,7H,2-3H2,1H3. The van der Waals surface area contributed by atoms with Crippen LogP contribution < -0.4 is 5.32 Å². The second-order valence-electron chi connectivity index (χ2n) is 2.00. The summed E-state index contributed by atoms with van der Waals surface area (Å²) in [5.41, 5.74) is 0. The topological polar surface area (TPSA) is 55.4 Å². The van der Waals surface area contributed by atoms with E-state index in [1.165, 1.54) is 13.3 Å². The highest BCUT2D eigenvalue weighted by atomic mass is 32.2. The molecule has 1 N–H and O–H groups in total. The molecule has 4 nitrogen and oxygen atoms in total. The van der Waals surface area contributed by atoms with Gasteiger partial charge in [-0.05, 0) is 0 Å². The van der Waals surface area contributed by atoms with Gasteiger partial charge in [-0.2, -0.15) is 0 Å². The number of carbonyl (C=O) groups is 1. The average Bonchev–Trinajstić information content (AvgIpc) is 2.04. The van der Waals surface area contributed by atoms with Gasteiger partial charge in [0, 0.05) is 18.5 Å². The SMILES string of the molecule is COC(=O)C1=CNCCS1=O. The minimum atomic E-state index is -1.18. The number of hydrogen-bond acceptors (Lipinski definition) is 4. The van der Waals surface area contributed by atoms with Crippen molar-refractivity contribution in [2.24, 2.45) is 0 Å². The lowest BCUT2D eigenvalue weighted by molar-refractivity contribution is -0.135. The van der Waals surface area contributed by atoms with E-state index in [2.05, 4.69) is 10.1 Å². The van der Waals surface area contributed by atoms with Crippen LogP contribution >= 0.6 is 0 Å². The second kappa shape index (κ2) is 3.52. The second-order valence-corrected chi connectivity index (χ2v) is 3.54. The van der Waals surface area contributed by atoms with Crippen LogP contribution in [0.15, 0.2) is 11.1 Å². The maximum atomic E-state index is 11.1. The highest BCUT2D eigenvalue weighted by Crippen LogP contribution is 2.06. The van der Waals surface area contributed by atoms with Crippen molar-refractivity contribution in [2.45, 2.75) is 0 Å². The van der Waals surface area contributed by atoms with Crippen LogP contribution in [-0.4, -0.2) is 29.6 Å². The largest absolute Gasteiger partial charge is 0.465 e. The van der Waals surface area contributed by atoms with Gasteiger partial charge in [-0.25, -0.2) is 4.79 Å². The van der Waals surface area contributed by atoms with E-state index in [0.29, 0.717) is 12.3 Å². The van der Waals surface area contributed by atoms with Crippen molar-refractivity contribution >= 4 is 16.8 Å². The molecule has 0 aliphatic carbocycles. The van der Waals surface area contributed by atoms with E-state index < -0.39 is 16.8 Å². The van der Waals surface area contributed by atoms with Crippen molar-refractivity contribution < 1.29 is 13.7 Å². The number of esters is 1. The molecule has 11 heavy (non-hydrogen) atoms. The molecule has 0 aromatic rings. The van der Waals surface area contributed by atoms with Crippen LogP contribution in [0.3, 0.4) is 0 Å². The summed E-state index contributed by atoms with van der Waals surface area (Å²) in [5.74, 6) is -0.0449. The minimum Gasteiger partial charge on any atom is -0.465 e. The Kier molecular flexibility index (Phi) is 2.64. The molecular weight excluding hydrogens is 166 g/mol. The zero-order valence-corrected chi connectivity index (χ0v) is 6.94. The lowest BCUT2D eigenvalue weighted by atomic mass is 10.6. The first-order valence-corrected chi connectivity index (χ1v) is 4.48. The molecule has 0 amide bonds. The van der Waals surface area contributed by atoms with Crippen molar-refractivity contribution in [3.05, 3.63) is 11.1 Å². The summed E-state index contributed by atoms with van der Waals surface area (Å²) in [4.78, 5) is 11.1. The van der Waals surface area contributed by atoms with Crippen LogP contribution in [0.25, 0.3) is 0 Å². The van der Waals surface area contributed by atoms with Crippen molar-refractivity contribution in [1.29, 1.82) is 0 Å². The highest BCUT2D eigenvalue weighted by Gasteiger charge is 2.19. The van der Waals surface area contributed by atoms with Gasteiger partial charge in [0.25, 0.3) is 0 Å². The molecule has 0 saturated carbocycles. The van der Waals surface area contributed by atoms with Crippen LogP contribution in [0.4, 0.5) is 0 Å². The van der Waals surface area contributed by atoms with Crippen molar-refractivity contribution in [3.8, 4) is 0 Å². The molecule has 5 heteroatoms. The fourth-order valence-corrected chi connectivity index (χ4v) is 1.75. The Morgan fingerprint density at radius 3 is 3.09 bits per heavy atom. The zero-order valence-electron chi connectivity index (χ0n) is 6.12. The maximum absolute atomic E-state index is 11.1. The molecule has 0 radical (unpaired) electrons. The Morgan fingerprint density at radius 1 is 1.82 bits per heavy atom. The Hall–Kier alpha value is -0.840. The van der Waals surface area contributed by atoms with Gasteiger partial charge in [0.2, 0.25) is 0 Å². The van der Waals surface area contributed by atoms with Crippen LogP contribution in [0.2, 0.25) is 0 Å². The lowest BCUT2D eigenvalue weighted by Gasteiger charge is -2.11. The van der Waals surface area contributed by atoms with E-state index in [-0.39, 0.29) is 4.91 Å². The van der Waals surface area contributed by atoms with Gasteiger partial charge in [0.1, 0.15) is 4.91 Å². The Bertz CT molecular complexity index is 224. The van der Waals surface area contributed by atoms with Gasteiger partial charge >= 0.3 is 5.97 Å². The lowest BCUT2D eigenvalue weighted by Crippen LogP contribution is -2.26. The molecule has 0 saturated heterocycles. The minimum absolute atomic E-state index is 0.221. The Labute approximate surface area is 67.1 Å². The fraction of sp³-hybridized carbons (Fsp3) is 0.500. The van der Waals surface area contributed by atoms with Gasteiger partial charge in [-0.1, -0.05) is 0 Å². The molecule has 0 fully saturated rings. The Morgan fingerprint density at radius 2 is 2.55 bits per heavy atom. The maximum Gasteiger partial charge on any atom is 0.348 e. The molecule has 0 aromatic heterocycles. The molecular formula is C6H9NO3S. The summed E-state index contributed by atoms with van der Waals surface area (Å²) in [5, 5.41) is 2.82. The van der Waals surface area contributed by atoms with E-state index in [0.717, 1.165) is 0 Å². The van der Waals surface area contributed by atoms with Crippen LogP contribution in [-0.2, 0) is 20.3 Å². The number of rotatable bonds is 1. The van der Waals surface area contributed by atoms with Gasteiger partial charge in [-0.3, -0.25) is 4.21 Å². The van der Waals surface area contributed by atoms with Gasteiger partial charge in [0.05, 0.1) is 17.9 Å². The summed E-state index contributed by atoms with van der Waals surface area (Å²) in [6.07, 6.45) is 1.45. The van der Waals surface area contributed by atoms with Crippen molar-refractivity contribution in [1.82, 2.24) is 5.32 Å². The number of carbonyl (C=O) groups excluding carboxylic acids is 1. The summed E-state index contributed by atoms with van der Waals surface area (Å²) in [6, 6.07) is 0. The fourth-order valence-electron chi connectivity index (χ4n) is 0.745. The summed E-state index contributed by atoms with van der Waals surface area (Å²) in [6.45, 7) is 0.646. The number of ether oxygens (including phenoxy) is 1. The molecule has 1 aliphatic rings. The third-order valence-corrected chi connectivity index (χ3v) is 2.65. The molecule has 0 aromatic carbocycles. The third kappa shape index (κ3) is 1.80. The van der Waals surface area contributed by atoms with E-state index in [4.69, 9.17) is 0 Å². The van der Waals surface area contributed by atoms with E-state index in [1.807, 2.05) is 0 Å². The van der Waals surface area contributed by atoms with Gasteiger partial charge < -0.3 is 10.1 Å². The first-order chi connectivity index (χ1) is 5.25. The predicted octanol–water partition coefficient (Wildman–Crippen LogP) is -0.647. The molecule has 1 unspecified atom stereocenters. The molecule has 1 heterocycles.